The Kier molecular flexibility index (Phi) is 4.59. The molecule has 0 aliphatic heterocycles. The van der Waals surface area contributed by atoms with Crippen LogP contribution in [0.15, 0.2) is 15.4 Å². The summed E-state index contributed by atoms with van der Waals surface area (Å²) in [4.78, 5) is 13.6. The van der Waals surface area contributed by atoms with Crippen molar-refractivity contribution >= 4 is 29.1 Å². The Morgan fingerprint density at radius 2 is 2.00 bits per heavy atom. The van der Waals surface area contributed by atoms with E-state index < -0.39 is 0 Å². The van der Waals surface area contributed by atoms with Crippen LogP contribution in [-0.4, -0.2) is 25.9 Å². The highest BCUT2D eigenvalue weighted by Crippen LogP contribution is 2.30. The number of aromatic nitrogens is 4. The van der Waals surface area contributed by atoms with E-state index in [2.05, 4.69) is 52.3 Å². The number of nitrogens with one attached hydrogen (secondary N) is 1. The molecule has 0 atom stereocenters. The van der Waals surface area contributed by atoms with Crippen molar-refractivity contribution in [1.82, 2.24) is 19.3 Å². The van der Waals surface area contributed by atoms with Crippen molar-refractivity contribution < 1.29 is 0 Å². The summed E-state index contributed by atoms with van der Waals surface area (Å²) in [5, 5.41) is 4.15. The Labute approximate surface area is 127 Å². The fourth-order valence-corrected chi connectivity index (χ4v) is 3.09. The highest BCUT2D eigenvalue weighted by molar-refractivity contribution is 8.00. The van der Waals surface area contributed by atoms with Crippen molar-refractivity contribution in [3.8, 4) is 0 Å². The number of aryl methyl sites for hydroxylation is 1. The van der Waals surface area contributed by atoms with Gasteiger partial charge in [0.05, 0.1) is 0 Å². The summed E-state index contributed by atoms with van der Waals surface area (Å²) in [6, 6.07) is 1.96. The largest absolute Gasteiger partial charge is 0.370 e. The molecule has 2 aromatic rings. The summed E-state index contributed by atoms with van der Waals surface area (Å²) in [6.45, 7) is 11.1. The van der Waals surface area contributed by atoms with Gasteiger partial charge < -0.3 is 5.32 Å². The average Bonchev–Trinajstić information content (AvgIpc) is 2.74. The van der Waals surface area contributed by atoms with Gasteiger partial charge in [-0.3, -0.25) is 0 Å². The van der Waals surface area contributed by atoms with Crippen molar-refractivity contribution in [2.75, 3.05) is 11.9 Å². The quantitative estimate of drug-likeness (QED) is 0.872. The van der Waals surface area contributed by atoms with Crippen molar-refractivity contribution in [3.63, 3.8) is 0 Å². The Balaban J connectivity index is 2.33. The highest BCUT2D eigenvalue weighted by Gasteiger charge is 2.19. The second-order valence-corrected chi connectivity index (χ2v) is 7.42. The highest BCUT2D eigenvalue weighted by atomic mass is 32.2. The average molecular weight is 309 g/mol. The van der Waals surface area contributed by atoms with E-state index in [0.29, 0.717) is 0 Å². The van der Waals surface area contributed by atoms with Crippen LogP contribution in [0.2, 0.25) is 0 Å². The lowest BCUT2D eigenvalue weighted by Crippen LogP contribution is -2.17. The first-order valence-electron chi connectivity index (χ1n) is 6.50. The van der Waals surface area contributed by atoms with Crippen LogP contribution in [0.1, 0.15) is 39.3 Å². The molecule has 0 saturated heterocycles. The number of hydrogen-bond donors (Lipinski definition) is 1. The van der Waals surface area contributed by atoms with Gasteiger partial charge in [-0.15, -0.1) is 0 Å². The predicted molar refractivity (Wildman–Crippen MR) is 83.7 cm³/mol. The Bertz CT molecular complexity index is 589. The van der Waals surface area contributed by atoms with Crippen LogP contribution in [0, 0.1) is 6.92 Å². The minimum Gasteiger partial charge on any atom is -0.370 e. The number of anilines is 1. The fraction of sp³-hybridized carbons (Fsp3) is 0.538. The molecule has 7 heteroatoms. The predicted octanol–water partition coefficient (Wildman–Crippen LogP) is 3.52. The summed E-state index contributed by atoms with van der Waals surface area (Å²) < 4.78 is 5.10. The van der Waals surface area contributed by atoms with Crippen LogP contribution in [-0.2, 0) is 5.41 Å². The maximum Gasteiger partial charge on any atom is 0.176 e. The summed E-state index contributed by atoms with van der Waals surface area (Å²) in [7, 11) is 0. The van der Waals surface area contributed by atoms with Crippen molar-refractivity contribution in [2.45, 2.75) is 49.4 Å². The molecule has 0 spiro atoms. The molecule has 2 rings (SSSR count). The van der Waals surface area contributed by atoms with Gasteiger partial charge in [0, 0.05) is 18.0 Å². The maximum atomic E-state index is 4.64. The van der Waals surface area contributed by atoms with Crippen LogP contribution in [0.25, 0.3) is 0 Å². The molecule has 0 aliphatic carbocycles. The second-order valence-electron chi connectivity index (χ2n) is 5.40. The molecule has 0 unspecified atom stereocenters. The van der Waals surface area contributed by atoms with Gasteiger partial charge in [-0.25, -0.2) is 15.0 Å². The van der Waals surface area contributed by atoms with E-state index in [4.69, 9.17) is 0 Å². The monoisotopic (exact) mass is 309 g/mol. The van der Waals surface area contributed by atoms with E-state index in [1.807, 2.05) is 13.0 Å². The second kappa shape index (κ2) is 6.05. The van der Waals surface area contributed by atoms with Gasteiger partial charge in [-0.1, -0.05) is 20.8 Å². The van der Waals surface area contributed by atoms with Gasteiger partial charge in [0.15, 0.2) is 4.34 Å². The van der Waals surface area contributed by atoms with Crippen molar-refractivity contribution in [3.05, 3.63) is 17.7 Å². The summed E-state index contributed by atoms with van der Waals surface area (Å²) in [5.74, 6) is 2.49. The molecule has 1 N–H and O–H groups in total. The van der Waals surface area contributed by atoms with Crippen LogP contribution < -0.4 is 5.32 Å². The fourth-order valence-electron chi connectivity index (χ4n) is 1.49. The molecule has 20 heavy (non-hydrogen) atoms. The van der Waals surface area contributed by atoms with Crippen LogP contribution in [0.4, 0.5) is 5.82 Å². The molecule has 2 aromatic heterocycles. The van der Waals surface area contributed by atoms with E-state index in [1.165, 1.54) is 23.3 Å². The molecule has 0 amide bonds. The SMILES string of the molecule is CCNc1cc(Sc2nc(C)ns2)nc(C(C)(C)C)n1. The Hall–Kier alpha value is -1.21. The molecule has 0 aromatic carbocycles. The lowest BCUT2D eigenvalue weighted by Gasteiger charge is -2.18. The van der Waals surface area contributed by atoms with Gasteiger partial charge in [-0.05, 0) is 37.1 Å². The van der Waals surface area contributed by atoms with Gasteiger partial charge >= 0.3 is 0 Å². The van der Waals surface area contributed by atoms with E-state index in [9.17, 15) is 0 Å². The Morgan fingerprint density at radius 3 is 2.55 bits per heavy atom. The number of hydrogen-bond acceptors (Lipinski definition) is 7. The first kappa shape index (κ1) is 15.2. The topological polar surface area (TPSA) is 63.6 Å². The third kappa shape index (κ3) is 3.89. The lowest BCUT2D eigenvalue weighted by molar-refractivity contribution is 0.539. The van der Waals surface area contributed by atoms with Crippen molar-refractivity contribution in [1.29, 1.82) is 0 Å². The molecule has 108 valence electrons. The summed E-state index contributed by atoms with van der Waals surface area (Å²) >= 11 is 2.93. The van der Waals surface area contributed by atoms with E-state index >= 15 is 0 Å². The summed E-state index contributed by atoms with van der Waals surface area (Å²) in [6.07, 6.45) is 0. The maximum absolute atomic E-state index is 4.64. The number of nitrogens with zero attached hydrogens (tertiary/aromatic N) is 4. The zero-order valence-corrected chi connectivity index (χ0v) is 14.0. The zero-order valence-electron chi connectivity index (χ0n) is 12.4. The lowest BCUT2D eigenvalue weighted by atomic mass is 9.96. The first-order valence-corrected chi connectivity index (χ1v) is 8.09. The molecule has 0 fully saturated rings. The molecule has 5 nitrogen and oxygen atoms in total. The molecular formula is C13H19N5S2. The molecule has 0 bridgehead atoms. The normalized spacial score (nSPS) is 11.7. The van der Waals surface area contributed by atoms with Gasteiger partial charge in [0.1, 0.15) is 22.5 Å². The molecule has 2 heterocycles. The van der Waals surface area contributed by atoms with Crippen LogP contribution >= 0.6 is 23.3 Å². The standard InChI is InChI=1S/C13H19N5S2/c1-6-14-9-7-10(17-11(16-9)13(3,4)5)19-12-15-8(2)18-20-12/h7H,6H2,1-5H3,(H,14,16,17). The minimum absolute atomic E-state index is 0.0855. The van der Waals surface area contributed by atoms with Crippen molar-refractivity contribution in [2.24, 2.45) is 0 Å². The molecular weight excluding hydrogens is 290 g/mol. The van der Waals surface area contributed by atoms with Gasteiger partial charge in [0.2, 0.25) is 0 Å². The van der Waals surface area contributed by atoms with E-state index in [-0.39, 0.29) is 5.41 Å². The first-order chi connectivity index (χ1) is 9.38. The smallest absolute Gasteiger partial charge is 0.176 e. The zero-order chi connectivity index (χ0) is 14.8. The number of rotatable bonds is 4. The van der Waals surface area contributed by atoms with E-state index in [1.54, 1.807) is 0 Å². The summed E-state index contributed by atoms with van der Waals surface area (Å²) in [5.41, 5.74) is -0.0855. The minimum atomic E-state index is -0.0855. The molecule has 0 aliphatic rings. The molecule has 0 radical (unpaired) electrons. The third-order valence-corrected chi connectivity index (χ3v) is 4.19. The van der Waals surface area contributed by atoms with Crippen LogP contribution in [0.3, 0.4) is 0 Å². The van der Waals surface area contributed by atoms with Crippen LogP contribution in [0.5, 0.6) is 0 Å². The van der Waals surface area contributed by atoms with Gasteiger partial charge in [0.25, 0.3) is 0 Å². The molecule has 0 saturated carbocycles. The van der Waals surface area contributed by atoms with Gasteiger partial charge in [-0.2, -0.15) is 4.37 Å². The van der Waals surface area contributed by atoms with E-state index in [0.717, 1.165) is 33.4 Å². The third-order valence-electron chi connectivity index (χ3n) is 2.43. The Morgan fingerprint density at radius 1 is 1.25 bits per heavy atom.